The van der Waals surface area contributed by atoms with E-state index in [1.54, 1.807) is 12.1 Å². The van der Waals surface area contributed by atoms with Crippen LogP contribution in [0.25, 0.3) is 0 Å². The summed E-state index contributed by atoms with van der Waals surface area (Å²) >= 11 is 0. The molecule has 21 heavy (non-hydrogen) atoms. The van der Waals surface area contributed by atoms with Gasteiger partial charge in [-0.25, -0.2) is 4.39 Å². The van der Waals surface area contributed by atoms with Crippen LogP contribution in [0.5, 0.6) is 0 Å². The predicted octanol–water partition coefficient (Wildman–Crippen LogP) is 2.36. The summed E-state index contributed by atoms with van der Waals surface area (Å²) in [5, 5.41) is 3.28. The molecule has 0 spiro atoms. The highest BCUT2D eigenvalue weighted by molar-refractivity contribution is 5.86. The Morgan fingerprint density at radius 1 is 1.19 bits per heavy atom. The Kier molecular flexibility index (Phi) is 3.52. The molecule has 0 radical (unpaired) electrons. The summed E-state index contributed by atoms with van der Waals surface area (Å²) in [7, 11) is 4.08. The molecule has 3 nitrogen and oxygen atoms in total. The minimum Gasteiger partial charge on any atom is -0.349 e. The smallest absolute Gasteiger partial charge is 0.227 e. The van der Waals surface area contributed by atoms with Crippen LogP contribution in [0, 0.1) is 11.2 Å². The van der Waals surface area contributed by atoms with Crippen LogP contribution in [-0.2, 0) is 11.2 Å². The van der Waals surface area contributed by atoms with Gasteiger partial charge in [0.1, 0.15) is 5.82 Å². The van der Waals surface area contributed by atoms with E-state index in [0.29, 0.717) is 0 Å². The second-order valence-corrected chi connectivity index (χ2v) is 7.06. The van der Waals surface area contributed by atoms with Crippen LogP contribution in [0.4, 0.5) is 4.39 Å². The Morgan fingerprint density at radius 3 is 2.29 bits per heavy atom. The molecule has 2 aliphatic carbocycles. The fourth-order valence-corrected chi connectivity index (χ4v) is 3.08. The third kappa shape index (κ3) is 3.26. The summed E-state index contributed by atoms with van der Waals surface area (Å²) in [6, 6.07) is 6.51. The first-order chi connectivity index (χ1) is 9.93. The maximum atomic E-state index is 13.0. The first kappa shape index (κ1) is 14.5. The average Bonchev–Trinajstić information content (AvgIpc) is 3.31. The molecule has 1 aromatic rings. The van der Waals surface area contributed by atoms with E-state index in [0.717, 1.165) is 44.2 Å². The van der Waals surface area contributed by atoms with E-state index in [9.17, 15) is 9.18 Å². The summed E-state index contributed by atoms with van der Waals surface area (Å²) in [6.45, 7) is 0.908. The summed E-state index contributed by atoms with van der Waals surface area (Å²) in [5.74, 6) is -0.0397. The number of amides is 1. The maximum Gasteiger partial charge on any atom is 0.227 e. The van der Waals surface area contributed by atoms with E-state index in [-0.39, 0.29) is 22.7 Å². The number of carbonyl (C=O) groups excluding carboxylic acids is 1. The molecule has 2 saturated carbocycles. The minimum atomic E-state index is -0.250. The van der Waals surface area contributed by atoms with E-state index in [4.69, 9.17) is 0 Å². The number of hydrogen-bond acceptors (Lipinski definition) is 2. The van der Waals surface area contributed by atoms with Gasteiger partial charge in [-0.15, -0.1) is 0 Å². The van der Waals surface area contributed by atoms with Crippen molar-refractivity contribution in [2.24, 2.45) is 5.41 Å². The molecule has 0 aromatic heterocycles. The topological polar surface area (TPSA) is 32.3 Å². The van der Waals surface area contributed by atoms with Crippen molar-refractivity contribution in [1.29, 1.82) is 0 Å². The molecule has 0 saturated heterocycles. The molecule has 1 amide bonds. The van der Waals surface area contributed by atoms with E-state index < -0.39 is 0 Å². The standard InChI is InChI=1S/C17H23FN2O/c1-20(2)12-17(9-10-17)19-15(21)16(7-8-16)11-13-3-5-14(18)6-4-13/h3-6H,7-12H2,1-2H3,(H,19,21). The lowest BCUT2D eigenvalue weighted by Crippen LogP contribution is -2.47. The molecule has 4 heteroatoms. The number of likely N-dealkylation sites (N-methyl/N-ethyl adjacent to an activating group) is 1. The van der Waals surface area contributed by atoms with Gasteiger partial charge in [-0.05, 0) is 63.9 Å². The third-order valence-corrected chi connectivity index (χ3v) is 4.64. The van der Waals surface area contributed by atoms with Crippen LogP contribution in [0.2, 0.25) is 0 Å². The number of nitrogens with zero attached hydrogens (tertiary/aromatic N) is 1. The average molecular weight is 290 g/mol. The second-order valence-electron chi connectivity index (χ2n) is 7.06. The fraction of sp³-hybridized carbons (Fsp3) is 0.588. The highest BCUT2D eigenvalue weighted by Crippen LogP contribution is 2.50. The molecular weight excluding hydrogens is 267 g/mol. The Labute approximate surface area is 125 Å². The monoisotopic (exact) mass is 290 g/mol. The van der Waals surface area contributed by atoms with Gasteiger partial charge in [0.05, 0.1) is 11.0 Å². The highest BCUT2D eigenvalue weighted by atomic mass is 19.1. The van der Waals surface area contributed by atoms with Gasteiger partial charge < -0.3 is 10.2 Å². The third-order valence-electron chi connectivity index (χ3n) is 4.64. The van der Waals surface area contributed by atoms with Gasteiger partial charge in [0, 0.05) is 6.54 Å². The lowest BCUT2D eigenvalue weighted by molar-refractivity contribution is -0.127. The number of halogens is 1. The largest absolute Gasteiger partial charge is 0.349 e. The molecular formula is C17H23FN2O. The molecule has 3 rings (SSSR count). The molecule has 0 heterocycles. The molecule has 0 atom stereocenters. The Balaban J connectivity index is 1.63. The van der Waals surface area contributed by atoms with Gasteiger partial charge in [-0.3, -0.25) is 4.79 Å². The normalized spacial score (nSPS) is 21.1. The summed E-state index contributed by atoms with van der Waals surface area (Å²) in [5.41, 5.74) is 0.792. The minimum absolute atomic E-state index is 0.00102. The number of nitrogens with one attached hydrogen (secondary N) is 1. The SMILES string of the molecule is CN(C)CC1(NC(=O)C2(Cc3ccc(F)cc3)CC2)CC1. The van der Waals surface area contributed by atoms with E-state index in [1.807, 2.05) is 14.1 Å². The van der Waals surface area contributed by atoms with E-state index >= 15 is 0 Å². The van der Waals surface area contributed by atoms with Crippen LogP contribution in [0.3, 0.4) is 0 Å². The Bertz CT molecular complexity index is 530. The zero-order valence-corrected chi connectivity index (χ0v) is 12.8. The van der Waals surface area contributed by atoms with Crippen LogP contribution in [-0.4, -0.2) is 37.0 Å². The molecule has 1 N–H and O–H groups in total. The van der Waals surface area contributed by atoms with Gasteiger partial charge in [0.15, 0.2) is 0 Å². The van der Waals surface area contributed by atoms with Gasteiger partial charge >= 0.3 is 0 Å². The zero-order chi connectivity index (χ0) is 15.1. The van der Waals surface area contributed by atoms with Crippen LogP contribution >= 0.6 is 0 Å². The van der Waals surface area contributed by atoms with Crippen LogP contribution in [0.15, 0.2) is 24.3 Å². The van der Waals surface area contributed by atoms with Crippen molar-refractivity contribution >= 4 is 5.91 Å². The molecule has 1 aromatic carbocycles. The van der Waals surface area contributed by atoms with Crippen molar-refractivity contribution in [3.8, 4) is 0 Å². The predicted molar refractivity (Wildman–Crippen MR) is 80.4 cm³/mol. The number of benzene rings is 1. The van der Waals surface area contributed by atoms with Crippen LogP contribution in [0.1, 0.15) is 31.2 Å². The maximum absolute atomic E-state index is 13.0. The van der Waals surface area contributed by atoms with E-state index in [2.05, 4.69) is 10.2 Å². The lowest BCUT2D eigenvalue weighted by atomic mass is 9.95. The highest BCUT2D eigenvalue weighted by Gasteiger charge is 2.54. The van der Waals surface area contributed by atoms with Crippen molar-refractivity contribution in [2.45, 2.75) is 37.6 Å². The van der Waals surface area contributed by atoms with Crippen LogP contribution < -0.4 is 5.32 Å². The molecule has 2 aliphatic rings. The van der Waals surface area contributed by atoms with Gasteiger partial charge in [-0.1, -0.05) is 12.1 Å². The first-order valence-corrected chi connectivity index (χ1v) is 7.65. The summed E-state index contributed by atoms with van der Waals surface area (Å²) < 4.78 is 13.0. The molecule has 2 fully saturated rings. The zero-order valence-electron chi connectivity index (χ0n) is 12.8. The molecule has 114 valence electrons. The Morgan fingerprint density at radius 2 is 1.81 bits per heavy atom. The van der Waals surface area contributed by atoms with Gasteiger partial charge in [0.25, 0.3) is 0 Å². The van der Waals surface area contributed by atoms with E-state index in [1.165, 1.54) is 12.1 Å². The Hall–Kier alpha value is -1.42. The molecule has 0 bridgehead atoms. The van der Waals surface area contributed by atoms with Crippen molar-refractivity contribution in [3.63, 3.8) is 0 Å². The number of carbonyl (C=O) groups is 1. The molecule has 0 unspecified atom stereocenters. The summed E-state index contributed by atoms with van der Waals surface area (Å²) in [6.07, 6.45) is 4.74. The molecule has 0 aliphatic heterocycles. The van der Waals surface area contributed by atoms with Crippen molar-refractivity contribution in [2.75, 3.05) is 20.6 Å². The first-order valence-electron chi connectivity index (χ1n) is 7.65. The van der Waals surface area contributed by atoms with Crippen molar-refractivity contribution in [3.05, 3.63) is 35.6 Å². The number of hydrogen-bond donors (Lipinski definition) is 1. The number of rotatable bonds is 6. The van der Waals surface area contributed by atoms with Crippen molar-refractivity contribution < 1.29 is 9.18 Å². The lowest BCUT2D eigenvalue weighted by Gasteiger charge is -2.25. The second kappa shape index (κ2) is 5.09. The van der Waals surface area contributed by atoms with Crippen molar-refractivity contribution in [1.82, 2.24) is 10.2 Å². The fourth-order valence-electron chi connectivity index (χ4n) is 3.08. The summed E-state index contributed by atoms with van der Waals surface area (Å²) in [4.78, 5) is 14.8. The van der Waals surface area contributed by atoms with Gasteiger partial charge in [-0.2, -0.15) is 0 Å². The van der Waals surface area contributed by atoms with Gasteiger partial charge in [0.2, 0.25) is 5.91 Å². The quantitative estimate of drug-likeness (QED) is 0.872.